The van der Waals surface area contributed by atoms with Crippen LogP contribution in [-0.2, 0) is 19.6 Å². The molecule has 2 aliphatic heterocycles. The highest BCUT2D eigenvalue weighted by Gasteiger charge is 2.25. The van der Waals surface area contributed by atoms with Gasteiger partial charge < -0.3 is 13.9 Å². The summed E-state index contributed by atoms with van der Waals surface area (Å²) in [6.07, 6.45) is 7.62. The lowest BCUT2D eigenvalue weighted by molar-refractivity contribution is 0.0675. The third kappa shape index (κ3) is 3.03. The predicted octanol–water partition coefficient (Wildman–Crippen LogP) is 2.12. The number of piperidine rings is 1. The summed E-state index contributed by atoms with van der Waals surface area (Å²) in [6.45, 7) is 5.32. The highest BCUT2D eigenvalue weighted by Crippen LogP contribution is 2.18. The van der Waals surface area contributed by atoms with Crippen LogP contribution in [0.4, 0.5) is 0 Å². The minimum absolute atomic E-state index is 0.0539. The number of imidazole rings is 1. The fourth-order valence-electron chi connectivity index (χ4n) is 3.46. The standard InChI is InChI=1S/C17H22N4O2/c22-17(15-5-4-10-23-15)21-9-8-20-12-14(18-16(20)13-21)11-19-6-2-1-3-7-19/h4-5,10,12H,1-3,6-9,11,13H2. The molecule has 23 heavy (non-hydrogen) atoms. The molecule has 122 valence electrons. The molecule has 1 fully saturated rings. The number of aromatic nitrogens is 2. The van der Waals surface area contributed by atoms with Gasteiger partial charge >= 0.3 is 0 Å². The van der Waals surface area contributed by atoms with Crippen molar-refractivity contribution in [3.63, 3.8) is 0 Å². The fourth-order valence-corrected chi connectivity index (χ4v) is 3.46. The fraction of sp³-hybridized carbons (Fsp3) is 0.529. The van der Waals surface area contributed by atoms with Gasteiger partial charge in [0.25, 0.3) is 5.91 Å². The Labute approximate surface area is 135 Å². The summed E-state index contributed by atoms with van der Waals surface area (Å²) in [4.78, 5) is 21.4. The van der Waals surface area contributed by atoms with Gasteiger partial charge in [0.15, 0.2) is 5.76 Å². The third-order valence-electron chi connectivity index (χ3n) is 4.71. The molecule has 0 atom stereocenters. The highest BCUT2D eigenvalue weighted by molar-refractivity contribution is 5.91. The van der Waals surface area contributed by atoms with Gasteiger partial charge in [-0.15, -0.1) is 0 Å². The van der Waals surface area contributed by atoms with Gasteiger partial charge in [-0.2, -0.15) is 0 Å². The summed E-state index contributed by atoms with van der Waals surface area (Å²) in [5.74, 6) is 1.32. The van der Waals surface area contributed by atoms with Crippen LogP contribution in [0.25, 0.3) is 0 Å². The molecular weight excluding hydrogens is 292 g/mol. The Balaban J connectivity index is 1.44. The minimum Gasteiger partial charge on any atom is -0.459 e. The molecule has 0 N–H and O–H groups in total. The van der Waals surface area contributed by atoms with Gasteiger partial charge in [0.1, 0.15) is 5.82 Å². The lowest BCUT2D eigenvalue weighted by atomic mass is 10.1. The molecule has 6 nitrogen and oxygen atoms in total. The number of carbonyl (C=O) groups excluding carboxylic acids is 1. The molecule has 2 aromatic heterocycles. The van der Waals surface area contributed by atoms with E-state index in [1.165, 1.54) is 38.6 Å². The lowest BCUT2D eigenvalue weighted by Gasteiger charge is -2.26. The first-order chi connectivity index (χ1) is 11.3. The average Bonchev–Trinajstić information content (AvgIpc) is 3.23. The summed E-state index contributed by atoms with van der Waals surface area (Å²) >= 11 is 0. The zero-order valence-electron chi connectivity index (χ0n) is 13.3. The van der Waals surface area contributed by atoms with Crippen LogP contribution in [0.5, 0.6) is 0 Å². The number of furan rings is 1. The van der Waals surface area contributed by atoms with Crippen molar-refractivity contribution in [3.8, 4) is 0 Å². The van der Waals surface area contributed by atoms with Gasteiger partial charge in [-0.3, -0.25) is 9.69 Å². The van der Waals surface area contributed by atoms with Crippen LogP contribution < -0.4 is 0 Å². The summed E-state index contributed by atoms with van der Waals surface area (Å²) < 4.78 is 7.40. The van der Waals surface area contributed by atoms with E-state index >= 15 is 0 Å². The number of hydrogen-bond donors (Lipinski definition) is 0. The minimum atomic E-state index is -0.0539. The summed E-state index contributed by atoms with van der Waals surface area (Å²) in [5.41, 5.74) is 1.12. The third-order valence-corrected chi connectivity index (χ3v) is 4.71. The first-order valence-corrected chi connectivity index (χ1v) is 8.40. The van der Waals surface area contributed by atoms with Crippen LogP contribution >= 0.6 is 0 Å². The molecule has 6 heteroatoms. The van der Waals surface area contributed by atoms with Crippen LogP contribution in [0.1, 0.15) is 41.3 Å². The quantitative estimate of drug-likeness (QED) is 0.871. The van der Waals surface area contributed by atoms with E-state index in [4.69, 9.17) is 9.40 Å². The number of hydrogen-bond acceptors (Lipinski definition) is 4. The zero-order valence-corrected chi connectivity index (χ0v) is 13.3. The molecule has 1 saturated heterocycles. The van der Waals surface area contributed by atoms with Crippen molar-refractivity contribution in [3.05, 3.63) is 41.9 Å². The number of likely N-dealkylation sites (tertiary alicyclic amines) is 1. The summed E-state index contributed by atoms with van der Waals surface area (Å²) in [7, 11) is 0. The Morgan fingerprint density at radius 3 is 2.83 bits per heavy atom. The largest absolute Gasteiger partial charge is 0.459 e. The van der Waals surface area contributed by atoms with E-state index in [2.05, 4.69) is 15.7 Å². The molecule has 2 aromatic rings. The van der Waals surface area contributed by atoms with Crippen molar-refractivity contribution in [2.45, 2.75) is 38.9 Å². The number of nitrogens with zero attached hydrogens (tertiary/aromatic N) is 4. The molecule has 4 rings (SSSR count). The Morgan fingerprint density at radius 2 is 2.04 bits per heavy atom. The number of fused-ring (bicyclic) bond motifs is 1. The predicted molar refractivity (Wildman–Crippen MR) is 84.8 cm³/mol. The molecule has 1 amide bonds. The van der Waals surface area contributed by atoms with E-state index in [1.807, 2.05) is 4.90 Å². The van der Waals surface area contributed by atoms with Crippen LogP contribution in [0.2, 0.25) is 0 Å². The average molecular weight is 314 g/mol. The smallest absolute Gasteiger partial charge is 0.290 e. The van der Waals surface area contributed by atoms with E-state index in [1.54, 1.807) is 12.1 Å². The molecule has 0 aromatic carbocycles. The van der Waals surface area contributed by atoms with Crippen molar-refractivity contribution in [1.29, 1.82) is 0 Å². The van der Waals surface area contributed by atoms with Crippen molar-refractivity contribution in [2.75, 3.05) is 19.6 Å². The summed E-state index contributed by atoms with van der Waals surface area (Å²) in [6, 6.07) is 3.46. The highest BCUT2D eigenvalue weighted by atomic mass is 16.3. The van der Waals surface area contributed by atoms with Gasteiger partial charge in [-0.25, -0.2) is 4.98 Å². The van der Waals surface area contributed by atoms with Crippen molar-refractivity contribution < 1.29 is 9.21 Å². The topological polar surface area (TPSA) is 54.5 Å². The Kier molecular flexibility index (Phi) is 3.91. The van der Waals surface area contributed by atoms with Crippen LogP contribution in [0, 0.1) is 0 Å². The molecule has 4 heterocycles. The molecule has 2 aliphatic rings. The lowest BCUT2D eigenvalue weighted by Crippen LogP contribution is -2.38. The zero-order chi connectivity index (χ0) is 15.6. The molecule has 0 aliphatic carbocycles. The van der Waals surface area contributed by atoms with Crippen molar-refractivity contribution in [2.24, 2.45) is 0 Å². The Bertz CT molecular complexity index is 671. The molecule has 0 bridgehead atoms. The number of rotatable bonds is 3. The monoisotopic (exact) mass is 314 g/mol. The maximum Gasteiger partial charge on any atom is 0.290 e. The Morgan fingerprint density at radius 1 is 1.17 bits per heavy atom. The van der Waals surface area contributed by atoms with Gasteiger partial charge in [-0.05, 0) is 38.1 Å². The van der Waals surface area contributed by atoms with E-state index < -0.39 is 0 Å². The van der Waals surface area contributed by atoms with Crippen molar-refractivity contribution in [1.82, 2.24) is 19.4 Å². The van der Waals surface area contributed by atoms with Crippen LogP contribution in [-0.4, -0.2) is 44.9 Å². The maximum atomic E-state index is 12.4. The van der Waals surface area contributed by atoms with Gasteiger partial charge in [0.2, 0.25) is 0 Å². The molecule has 0 radical (unpaired) electrons. The number of carbonyl (C=O) groups is 1. The van der Waals surface area contributed by atoms with Gasteiger partial charge in [0.05, 0.1) is 18.5 Å². The second-order valence-corrected chi connectivity index (χ2v) is 6.38. The molecule has 0 unspecified atom stereocenters. The second-order valence-electron chi connectivity index (χ2n) is 6.38. The summed E-state index contributed by atoms with van der Waals surface area (Å²) in [5, 5.41) is 0. The van der Waals surface area contributed by atoms with E-state index in [0.29, 0.717) is 18.8 Å². The van der Waals surface area contributed by atoms with Crippen LogP contribution in [0.3, 0.4) is 0 Å². The van der Waals surface area contributed by atoms with E-state index in [0.717, 1.165) is 24.6 Å². The van der Waals surface area contributed by atoms with Gasteiger partial charge in [-0.1, -0.05) is 6.42 Å². The first-order valence-electron chi connectivity index (χ1n) is 8.40. The molecule has 0 saturated carbocycles. The second kappa shape index (κ2) is 6.20. The Hall–Kier alpha value is -2.08. The normalized spacial score (nSPS) is 18.9. The van der Waals surface area contributed by atoms with Gasteiger partial charge in [0, 0.05) is 25.8 Å². The first kappa shape index (κ1) is 14.5. The molecule has 0 spiro atoms. The van der Waals surface area contributed by atoms with E-state index in [-0.39, 0.29) is 5.91 Å². The molecular formula is C17H22N4O2. The van der Waals surface area contributed by atoms with Crippen molar-refractivity contribution >= 4 is 5.91 Å². The number of amides is 1. The van der Waals surface area contributed by atoms with E-state index in [9.17, 15) is 4.79 Å². The SMILES string of the molecule is O=C(c1ccco1)N1CCn2cc(CN3CCCCC3)nc2C1. The maximum absolute atomic E-state index is 12.4. The van der Waals surface area contributed by atoms with Crippen LogP contribution in [0.15, 0.2) is 29.0 Å².